The largest absolute Gasteiger partial charge is 0.456 e. The molecule has 8 heteroatoms. The molecule has 0 aliphatic rings. The van der Waals surface area contributed by atoms with E-state index >= 15 is 0 Å². The lowest BCUT2D eigenvalue weighted by molar-refractivity contribution is 0.619. The molecule has 8 nitrogen and oxygen atoms in total. The first-order valence-electron chi connectivity index (χ1n) is 17.9. The van der Waals surface area contributed by atoms with Gasteiger partial charge in [-0.05, 0) is 77.9 Å². The quantitative estimate of drug-likeness (QED) is 0.168. The van der Waals surface area contributed by atoms with E-state index in [2.05, 4.69) is 52.4 Å². The molecule has 0 spiro atoms. The summed E-state index contributed by atoms with van der Waals surface area (Å²) < 4.78 is 18.1. The monoisotopic (exact) mass is 709 g/mol. The predicted octanol–water partition coefficient (Wildman–Crippen LogP) is 12.1. The maximum atomic E-state index is 6.06. The van der Waals surface area contributed by atoms with E-state index < -0.39 is 0 Å². The van der Waals surface area contributed by atoms with Crippen LogP contribution < -0.4 is 0 Å². The molecule has 11 aromatic rings. The maximum Gasteiger partial charge on any atom is 0.227 e. The van der Waals surface area contributed by atoms with Gasteiger partial charge in [0.25, 0.3) is 0 Å². The number of aromatic nitrogens is 5. The average molecular weight is 710 g/mol. The Kier molecular flexibility index (Phi) is 6.99. The summed E-state index contributed by atoms with van der Waals surface area (Å²) in [5.41, 5.74) is 11.3. The molecule has 258 valence electrons. The van der Waals surface area contributed by atoms with Gasteiger partial charge in [0.05, 0.1) is 0 Å². The van der Waals surface area contributed by atoms with Crippen molar-refractivity contribution in [3.63, 3.8) is 0 Å². The molecule has 55 heavy (non-hydrogen) atoms. The second-order valence-corrected chi connectivity index (χ2v) is 13.3. The highest BCUT2D eigenvalue weighted by molar-refractivity contribution is 6.06. The lowest BCUT2D eigenvalue weighted by Gasteiger charge is -2.10. The number of oxazole rings is 2. The van der Waals surface area contributed by atoms with Gasteiger partial charge >= 0.3 is 0 Å². The van der Waals surface area contributed by atoms with Crippen molar-refractivity contribution in [1.82, 2.24) is 24.9 Å². The summed E-state index contributed by atoms with van der Waals surface area (Å²) in [6.45, 7) is 0. The third-order valence-electron chi connectivity index (χ3n) is 9.86. The van der Waals surface area contributed by atoms with Crippen LogP contribution in [-0.4, -0.2) is 24.9 Å². The number of hydrogen-bond donors (Lipinski definition) is 0. The smallest absolute Gasteiger partial charge is 0.227 e. The van der Waals surface area contributed by atoms with Crippen molar-refractivity contribution in [3.05, 3.63) is 164 Å². The van der Waals surface area contributed by atoms with Crippen LogP contribution in [0.5, 0.6) is 0 Å². The molecule has 0 fully saturated rings. The van der Waals surface area contributed by atoms with Gasteiger partial charge in [0.2, 0.25) is 11.8 Å². The Morgan fingerprint density at radius 1 is 0.273 bits per heavy atom. The summed E-state index contributed by atoms with van der Waals surface area (Å²) in [4.78, 5) is 24.3. The first kappa shape index (κ1) is 30.9. The Balaban J connectivity index is 0.968. The third-order valence-corrected chi connectivity index (χ3v) is 9.86. The fraction of sp³-hybridized carbons (Fsp3) is 0. The lowest BCUT2D eigenvalue weighted by Crippen LogP contribution is -2.00. The molecule has 0 aliphatic heterocycles. The Bertz CT molecular complexity index is 3000. The second kappa shape index (κ2) is 12.5. The standard InChI is InChI=1S/C47H27N5O3/c1-4-10-39-35(7-1)36-27-34(25-26-40(36)53-39)28-13-15-29(16-14-28)43-50-44(30-17-21-32(22-18-30)46-48-37-8-2-5-11-41(37)54-46)52-45(51-43)31-19-23-33(24-20-31)47-49-38-9-3-6-12-42(38)55-47/h1-27H. The Hall–Kier alpha value is -7.71. The number of rotatable bonds is 6. The lowest BCUT2D eigenvalue weighted by atomic mass is 10.0. The van der Waals surface area contributed by atoms with Crippen LogP contribution in [0.25, 0.3) is 112 Å². The van der Waals surface area contributed by atoms with Gasteiger partial charge in [-0.2, -0.15) is 0 Å². The molecule has 0 unspecified atom stereocenters. The number of benzene rings is 7. The summed E-state index contributed by atoms with van der Waals surface area (Å²) in [7, 11) is 0. The van der Waals surface area contributed by atoms with Crippen LogP contribution in [0.3, 0.4) is 0 Å². The average Bonchev–Trinajstić information content (AvgIpc) is 3.99. The number of hydrogen-bond acceptors (Lipinski definition) is 8. The van der Waals surface area contributed by atoms with E-state index in [1.807, 2.05) is 121 Å². The van der Waals surface area contributed by atoms with Gasteiger partial charge in [-0.25, -0.2) is 24.9 Å². The van der Waals surface area contributed by atoms with Gasteiger partial charge in [-0.15, -0.1) is 0 Å². The first-order chi connectivity index (χ1) is 27.2. The molecule has 0 amide bonds. The fourth-order valence-corrected chi connectivity index (χ4v) is 7.00. The molecule has 0 saturated heterocycles. The predicted molar refractivity (Wildman–Crippen MR) is 215 cm³/mol. The van der Waals surface area contributed by atoms with E-state index in [0.29, 0.717) is 29.3 Å². The molecule has 0 N–H and O–H groups in total. The van der Waals surface area contributed by atoms with E-state index in [1.165, 1.54) is 0 Å². The molecule has 0 saturated carbocycles. The number of para-hydroxylation sites is 5. The highest BCUT2D eigenvalue weighted by Crippen LogP contribution is 2.34. The van der Waals surface area contributed by atoms with Gasteiger partial charge in [0.15, 0.2) is 28.6 Å². The zero-order chi connectivity index (χ0) is 36.3. The molecular formula is C47H27N5O3. The summed E-state index contributed by atoms with van der Waals surface area (Å²) in [6.07, 6.45) is 0. The van der Waals surface area contributed by atoms with Gasteiger partial charge in [-0.3, -0.25) is 0 Å². The number of furan rings is 1. The van der Waals surface area contributed by atoms with E-state index in [-0.39, 0.29) is 0 Å². The SMILES string of the molecule is c1ccc2oc(-c3ccc(-c4nc(-c5ccc(-c6ccc7oc8ccccc8c7c6)cc5)nc(-c5ccc(-c6nc7ccccc7o6)cc5)n4)cc3)nc2c1. The van der Waals surface area contributed by atoms with Crippen LogP contribution in [0, 0.1) is 0 Å². The highest BCUT2D eigenvalue weighted by atomic mass is 16.4. The summed E-state index contributed by atoms with van der Waals surface area (Å²) in [6, 6.07) is 54.1. The van der Waals surface area contributed by atoms with Gasteiger partial charge in [-0.1, -0.05) is 97.1 Å². The minimum Gasteiger partial charge on any atom is -0.456 e. The van der Waals surface area contributed by atoms with Crippen molar-refractivity contribution in [3.8, 4) is 68.2 Å². The van der Waals surface area contributed by atoms with Crippen molar-refractivity contribution in [1.29, 1.82) is 0 Å². The molecule has 0 bridgehead atoms. The Morgan fingerprint density at radius 3 is 1.18 bits per heavy atom. The highest BCUT2D eigenvalue weighted by Gasteiger charge is 2.16. The molecule has 0 radical (unpaired) electrons. The maximum absolute atomic E-state index is 6.06. The van der Waals surface area contributed by atoms with Crippen LogP contribution >= 0.6 is 0 Å². The minimum absolute atomic E-state index is 0.550. The normalized spacial score (nSPS) is 11.6. The summed E-state index contributed by atoms with van der Waals surface area (Å²) in [5, 5.41) is 2.19. The Morgan fingerprint density at radius 2 is 0.673 bits per heavy atom. The fourth-order valence-electron chi connectivity index (χ4n) is 7.00. The van der Waals surface area contributed by atoms with Gasteiger partial charge in [0.1, 0.15) is 22.2 Å². The zero-order valence-electron chi connectivity index (χ0n) is 29.0. The van der Waals surface area contributed by atoms with Crippen LogP contribution in [0.1, 0.15) is 0 Å². The number of nitrogens with zero attached hydrogens (tertiary/aromatic N) is 5. The van der Waals surface area contributed by atoms with Crippen molar-refractivity contribution in [2.45, 2.75) is 0 Å². The van der Waals surface area contributed by atoms with Crippen molar-refractivity contribution in [2.75, 3.05) is 0 Å². The van der Waals surface area contributed by atoms with Crippen molar-refractivity contribution >= 4 is 44.1 Å². The van der Waals surface area contributed by atoms with Gasteiger partial charge < -0.3 is 13.3 Å². The van der Waals surface area contributed by atoms with Crippen LogP contribution in [0.15, 0.2) is 177 Å². The summed E-state index contributed by atoms with van der Waals surface area (Å²) in [5.74, 6) is 2.78. The van der Waals surface area contributed by atoms with Crippen molar-refractivity contribution in [2.24, 2.45) is 0 Å². The van der Waals surface area contributed by atoms with Crippen molar-refractivity contribution < 1.29 is 13.3 Å². The third kappa shape index (κ3) is 5.52. The molecule has 11 rings (SSSR count). The van der Waals surface area contributed by atoms with E-state index in [0.717, 1.165) is 83.1 Å². The molecule has 0 aliphatic carbocycles. The van der Waals surface area contributed by atoms with Gasteiger partial charge in [0, 0.05) is 38.6 Å². The second-order valence-electron chi connectivity index (χ2n) is 13.3. The first-order valence-corrected chi connectivity index (χ1v) is 17.9. The minimum atomic E-state index is 0.550. The van der Waals surface area contributed by atoms with Crippen LogP contribution in [0.2, 0.25) is 0 Å². The topological polar surface area (TPSA) is 104 Å². The van der Waals surface area contributed by atoms with E-state index in [9.17, 15) is 0 Å². The molecule has 0 atom stereocenters. The zero-order valence-corrected chi connectivity index (χ0v) is 29.0. The molecule has 4 heterocycles. The molecule has 7 aromatic carbocycles. The van der Waals surface area contributed by atoms with Crippen LogP contribution in [-0.2, 0) is 0 Å². The number of fused-ring (bicyclic) bond motifs is 5. The van der Waals surface area contributed by atoms with E-state index in [4.69, 9.17) is 28.2 Å². The summed E-state index contributed by atoms with van der Waals surface area (Å²) >= 11 is 0. The van der Waals surface area contributed by atoms with E-state index in [1.54, 1.807) is 0 Å². The Labute approximate surface area is 313 Å². The molecule has 4 aromatic heterocycles. The van der Waals surface area contributed by atoms with Crippen LogP contribution in [0.4, 0.5) is 0 Å². The molecular weight excluding hydrogens is 683 g/mol.